The average Bonchev–Trinajstić information content (AvgIpc) is 2.25. The van der Waals surface area contributed by atoms with E-state index in [4.69, 9.17) is 9.84 Å². The maximum atomic E-state index is 11.6. The van der Waals surface area contributed by atoms with E-state index in [-0.39, 0.29) is 0 Å². The van der Waals surface area contributed by atoms with Crippen LogP contribution in [0.2, 0.25) is 0 Å². The molecule has 0 spiro atoms. The lowest BCUT2D eigenvalue weighted by Gasteiger charge is -2.34. The van der Waals surface area contributed by atoms with Crippen LogP contribution in [-0.4, -0.2) is 41.9 Å². The van der Waals surface area contributed by atoms with Crippen molar-refractivity contribution in [2.24, 2.45) is 0 Å². The minimum Gasteiger partial charge on any atom is -0.480 e. The fraction of sp³-hybridized carbons (Fsp3) is 0.818. The number of nitrogens with one attached hydrogen (secondary N) is 2. The van der Waals surface area contributed by atoms with Gasteiger partial charge in [-0.25, -0.2) is 9.59 Å². The van der Waals surface area contributed by atoms with Crippen LogP contribution in [0.5, 0.6) is 0 Å². The summed E-state index contributed by atoms with van der Waals surface area (Å²) < 4.78 is 5.31. The zero-order chi connectivity index (χ0) is 12.9. The van der Waals surface area contributed by atoms with Gasteiger partial charge >= 0.3 is 12.0 Å². The molecule has 2 atom stereocenters. The van der Waals surface area contributed by atoms with E-state index in [1.165, 1.54) is 0 Å². The Hall–Kier alpha value is -1.30. The number of rotatable bonds is 4. The number of amides is 2. The Balaban J connectivity index is 2.45. The van der Waals surface area contributed by atoms with Crippen LogP contribution in [0.3, 0.4) is 0 Å². The highest BCUT2D eigenvalue weighted by atomic mass is 16.5. The third kappa shape index (κ3) is 4.22. The van der Waals surface area contributed by atoms with Crippen molar-refractivity contribution < 1.29 is 19.4 Å². The number of carbonyl (C=O) groups is 2. The highest BCUT2D eigenvalue weighted by Crippen LogP contribution is 2.17. The monoisotopic (exact) mass is 244 g/mol. The molecule has 1 aliphatic heterocycles. The number of carboxylic acid groups (broad SMARTS) is 1. The topological polar surface area (TPSA) is 87.7 Å². The summed E-state index contributed by atoms with van der Waals surface area (Å²) in [6.07, 6.45) is 2.09. The van der Waals surface area contributed by atoms with Crippen molar-refractivity contribution in [1.29, 1.82) is 0 Å². The number of urea groups is 1. The van der Waals surface area contributed by atoms with Gasteiger partial charge in [0.1, 0.15) is 6.04 Å². The molecule has 1 rings (SSSR count). The molecule has 17 heavy (non-hydrogen) atoms. The minimum atomic E-state index is -1.02. The molecule has 3 N–H and O–H groups in total. The third-order valence-corrected chi connectivity index (χ3v) is 2.86. The predicted molar refractivity (Wildman–Crippen MR) is 61.8 cm³/mol. The minimum absolute atomic E-state index is 0.357. The molecule has 0 radical (unpaired) electrons. The Kier molecular flexibility index (Phi) is 4.74. The van der Waals surface area contributed by atoms with Gasteiger partial charge in [-0.3, -0.25) is 0 Å². The van der Waals surface area contributed by atoms with Crippen molar-refractivity contribution in [2.75, 3.05) is 13.2 Å². The zero-order valence-electron chi connectivity index (χ0n) is 10.3. The molecule has 0 aromatic carbocycles. The maximum absolute atomic E-state index is 11.6. The highest BCUT2D eigenvalue weighted by Gasteiger charge is 2.30. The summed E-state index contributed by atoms with van der Waals surface area (Å²) in [5.41, 5.74) is -0.404. The number of carboxylic acids is 1. The molecule has 1 fully saturated rings. The van der Waals surface area contributed by atoms with Gasteiger partial charge in [-0.15, -0.1) is 0 Å². The number of ether oxygens (including phenoxy) is 1. The summed E-state index contributed by atoms with van der Waals surface area (Å²) in [5.74, 6) is -1.02. The summed E-state index contributed by atoms with van der Waals surface area (Å²) in [6, 6.07) is -1.30. The molecule has 1 saturated heterocycles. The molecular weight excluding hydrogens is 224 g/mol. The second-order valence-electron chi connectivity index (χ2n) is 4.61. The fourth-order valence-electron chi connectivity index (χ4n) is 1.84. The van der Waals surface area contributed by atoms with Crippen molar-refractivity contribution in [1.82, 2.24) is 10.6 Å². The molecule has 1 aliphatic rings. The van der Waals surface area contributed by atoms with Crippen LogP contribution in [0.25, 0.3) is 0 Å². The van der Waals surface area contributed by atoms with Gasteiger partial charge in [-0.05, 0) is 26.2 Å². The molecule has 0 aromatic heterocycles. The molecule has 1 unspecified atom stereocenters. The van der Waals surface area contributed by atoms with Gasteiger partial charge in [0.25, 0.3) is 0 Å². The van der Waals surface area contributed by atoms with Crippen LogP contribution in [0.1, 0.15) is 33.1 Å². The molecule has 0 bridgehead atoms. The standard InChI is InChI=1S/C11H20N2O4/c1-3-8(9(14)15)12-10(16)13-11(2)5-4-6-17-7-11/h8H,3-7H2,1-2H3,(H,14,15)(H2,12,13,16)/t8-,11?/m1/s1. The van der Waals surface area contributed by atoms with Crippen LogP contribution in [-0.2, 0) is 9.53 Å². The molecule has 2 amide bonds. The third-order valence-electron chi connectivity index (χ3n) is 2.86. The number of aliphatic carboxylic acids is 1. The smallest absolute Gasteiger partial charge is 0.326 e. The lowest BCUT2D eigenvalue weighted by Crippen LogP contribution is -2.57. The van der Waals surface area contributed by atoms with Gasteiger partial charge in [-0.1, -0.05) is 6.92 Å². The van der Waals surface area contributed by atoms with Crippen molar-refractivity contribution in [3.8, 4) is 0 Å². The van der Waals surface area contributed by atoms with Crippen molar-refractivity contribution in [3.63, 3.8) is 0 Å². The van der Waals surface area contributed by atoms with Crippen molar-refractivity contribution in [2.45, 2.75) is 44.7 Å². The van der Waals surface area contributed by atoms with Gasteiger partial charge in [0.05, 0.1) is 12.1 Å². The van der Waals surface area contributed by atoms with Crippen LogP contribution >= 0.6 is 0 Å². The van der Waals surface area contributed by atoms with Crippen LogP contribution in [0, 0.1) is 0 Å². The van der Waals surface area contributed by atoms with E-state index >= 15 is 0 Å². The normalized spacial score (nSPS) is 26.0. The molecule has 0 aliphatic carbocycles. The largest absolute Gasteiger partial charge is 0.480 e. The van der Waals surface area contributed by atoms with E-state index in [1.54, 1.807) is 6.92 Å². The Labute approximate surface area is 101 Å². The zero-order valence-corrected chi connectivity index (χ0v) is 10.3. The first-order valence-corrected chi connectivity index (χ1v) is 5.86. The first-order valence-electron chi connectivity index (χ1n) is 5.86. The van der Waals surface area contributed by atoms with E-state index in [2.05, 4.69) is 10.6 Å². The van der Waals surface area contributed by atoms with Crippen molar-refractivity contribution in [3.05, 3.63) is 0 Å². The van der Waals surface area contributed by atoms with E-state index in [0.29, 0.717) is 19.6 Å². The van der Waals surface area contributed by atoms with Crippen LogP contribution in [0.15, 0.2) is 0 Å². The predicted octanol–water partition coefficient (Wildman–Crippen LogP) is 0.718. The Bertz CT molecular complexity index is 287. The maximum Gasteiger partial charge on any atom is 0.326 e. The Morgan fingerprint density at radius 2 is 2.24 bits per heavy atom. The van der Waals surface area contributed by atoms with Gasteiger partial charge in [0, 0.05) is 6.61 Å². The number of hydrogen-bond acceptors (Lipinski definition) is 3. The van der Waals surface area contributed by atoms with E-state index < -0.39 is 23.6 Å². The second-order valence-corrected chi connectivity index (χ2v) is 4.61. The number of hydrogen-bond donors (Lipinski definition) is 3. The Morgan fingerprint density at radius 3 is 2.71 bits per heavy atom. The summed E-state index contributed by atoms with van der Waals surface area (Å²) in [5, 5.41) is 14.0. The highest BCUT2D eigenvalue weighted by molar-refractivity contribution is 5.82. The quantitative estimate of drug-likeness (QED) is 0.680. The molecule has 0 saturated carbocycles. The van der Waals surface area contributed by atoms with Gasteiger partial charge < -0.3 is 20.5 Å². The van der Waals surface area contributed by atoms with Gasteiger partial charge in [-0.2, -0.15) is 0 Å². The first kappa shape index (κ1) is 13.8. The molecule has 1 heterocycles. The lowest BCUT2D eigenvalue weighted by atomic mass is 9.95. The second kappa shape index (κ2) is 5.86. The Morgan fingerprint density at radius 1 is 1.53 bits per heavy atom. The fourth-order valence-corrected chi connectivity index (χ4v) is 1.84. The summed E-state index contributed by atoms with van der Waals surface area (Å²) in [4.78, 5) is 22.4. The van der Waals surface area contributed by atoms with E-state index in [1.807, 2.05) is 6.92 Å². The average molecular weight is 244 g/mol. The SMILES string of the molecule is CC[C@@H](NC(=O)NC1(C)CCCOC1)C(=O)O. The van der Waals surface area contributed by atoms with Crippen LogP contribution in [0.4, 0.5) is 4.79 Å². The molecule has 98 valence electrons. The number of carbonyl (C=O) groups excluding carboxylic acids is 1. The molecule has 6 nitrogen and oxygen atoms in total. The van der Waals surface area contributed by atoms with Gasteiger partial charge in [0.15, 0.2) is 0 Å². The van der Waals surface area contributed by atoms with E-state index in [9.17, 15) is 9.59 Å². The summed E-state index contributed by atoms with van der Waals surface area (Å²) >= 11 is 0. The first-order chi connectivity index (χ1) is 7.97. The van der Waals surface area contributed by atoms with E-state index in [0.717, 1.165) is 12.8 Å². The van der Waals surface area contributed by atoms with Gasteiger partial charge in [0.2, 0.25) is 0 Å². The summed E-state index contributed by atoms with van der Waals surface area (Å²) in [6.45, 7) is 4.79. The van der Waals surface area contributed by atoms with Crippen molar-refractivity contribution >= 4 is 12.0 Å². The molecule has 0 aromatic rings. The molecule has 6 heteroatoms. The lowest BCUT2D eigenvalue weighted by molar-refractivity contribution is -0.139. The molecular formula is C11H20N2O4. The van der Waals surface area contributed by atoms with Crippen LogP contribution < -0.4 is 10.6 Å². The summed E-state index contributed by atoms with van der Waals surface area (Å²) in [7, 11) is 0.